The topological polar surface area (TPSA) is 77.1 Å². The van der Waals surface area contributed by atoms with Crippen LogP contribution in [0.1, 0.15) is 30.5 Å². The molecule has 0 spiro atoms. The molecule has 1 aliphatic rings. The highest BCUT2D eigenvalue weighted by Crippen LogP contribution is 2.42. The maximum atomic E-state index is 12.9. The molecule has 2 aromatic carbocycles. The van der Waals surface area contributed by atoms with E-state index in [9.17, 15) is 9.59 Å². The standard InChI is InChI=1S/C23H28N2O5/c1-14-7-8-17-16(9-14)23(2,3)22(27)25(17)13-20(26)24-12-15-10-18(28-4)21(30-6)19(11-15)29-5/h7-11H,12-13H2,1-6H3,(H,24,26). The van der Waals surface area contributed by atoms with E-state index in [1.165, 1.54) is 7.11 Å². The van der Waals surface area contributed by atoms with Crippen molar-refractivity contribution in [2.45, 2.75) is 32.7 Å². The molecule has 0 radical (unpaired) electrons. The first-order valence-electron chi connectivity index (χ1n) is 9.71. The summed E-state index contributed by atoms with van der Waals surface area (Å²) in [6, 6.07) is 9.44. The van der Waals surface area contributed by atoms with Gasteiger partial charge in [0.1, 0.15) is 6.54 Å². The van der Waals surface area contributed by atoms with E-state index in [1.54, 1.807) is 31.3 Å². The average Bonchev–Trinajstić information content (AvgIpc) is 2.91. The molecule has 0 bridgehead atoms. The molecule has 1 N–H and O–H groups in total. The fraction of sp³-hybridized carbons (Fsp3) is 0.391. The first kappa shape index (κ1) is 21.5. The largest absolute Gasteiger partial charge is 0.493 e. The Kier molecular flexibility index (Phi) is 5.92. The fourth-order valence-corrected chi connectivity index (χ4v) is 3.74. The number of ether oxygens (including phenoxy) is 3. The SMILES string of the molecule is COc1cc(CNC(=O)CN2C(=O)C(C)(C)c3cc(C)ccc32)cc(OC)c1OC. The van der Waals surface area contributed by atoms with Gasteiger partial charge < -0.3 is 24.4 Å². The molecular formula is C23H28N2O5. The van der Waals surface area contributed by atoms with Gasteiger partial charge in [-0.15, -0.1) is 0 Å². The van der Waals surface area contributed by atoms with Crippen LogP contribution in [0.2, 0.25) is 0 Å². The van der Waals surface area contributed by atoms with Crippen LogP contribution >= 0.6 is 0 Å². The van der Waals surface area contributed by atoms with Crippen molar-refractivity contribution in [1.29, 1.82) is 0 Å². The molecule has 2 aromatic rings. The molecule has 1 aliphatic heterocycles. The van der Waals surface area contributed by atoms with Gasteiger partial charge in [0.2, 0.25) is 17.6 Å². The molecule has 7 heteroatoms. The second kappa shape index (κ2) is 8.26. The zero-order valence-electron chi connectivity index (χ0n) is 18.3. The van der Waals surface area contributed by atoms with E-state index in [0.29, 0.717) is 17.2 Å². The molecular weight excluding hydrogens is 384 g/mol. The van der Waals surface area contributed by atoms with Crippen LogP contribution in [-0.2, 0) is 21.5 Å². The van der Waals surface area contributed by atoms with Gasteiger partial charge >= 0.3 is 0 Å². The number of carbonyl (C=O) groups is 2. The minimum Gasteiger partial charge on any atom is -0.493 e. The monoisotopic (exact) mass is 412 g/mol. The molecule has 0 fully saturated rings. The lowest BCUT2D eigenvalue weighted by molar-refractivity contribution is -0.125. The Morgan fingerprint density at radius 2 is 1.67 bits per heavy atom. The van der Waals surface area contributed by atoms with Crippen LogP contribution in [0.15, 0.2) is 30.3 Å². The van der Waals surface area contributed by atoms with Crippen molar-refractivity contribution in [2.24, 2.45) is 0 Å². The molecule has 7 nitrogen and oxygen atoms in total. The number of amides is 2. The van der Waals surface area contributed by atoms with Crippen molar-refractivity contribution in [3.63, 3.8) is 0 Å². The number of carbonyl (C=O) groups excluding carboxylic acids is 2. The number of hydrogen-bond donors (Lipinski definition) is 1. The van der Waals surface area contributed by atoms with E-state index in [1.807, 2.05) is 39.0 Å². The van der Waals surface area contributed by atoms with Crippen molar-refractivity contribution in [2.75, 3.05) is 32.8 Å². The van der Waals surface area contributed by atoms with Gasteiger partial charge in [-0.25, -0.2) is 0 Å². The maximum absolute atomic E-state index is 12.9. The molecule has 160 valence electrons. The predicted octanol–water partition coefficient (Wildman–Crippen LogP) is 2.96. The lowest BCUT2D eigenvalue weighted by Crippen LogP contribution is -2.42. The van der Waals surface area contributed by atoms with Gasteiger partial charge in [0.05, 0.1) is 26.7 Å². The van der Waals surface area contributed by atoms with Crippen molar-refractivity contribution in [1.82, 2.24) is 5.32 Å². The second-order valence-electron chi connectivity index (χ2n) is 7.85. The highest BCUT2D eigenvalue weighted by atomic mass is 16.5. The Bertz CT molecular complexity index is 959. The summed E-state index contributed by atoms with van der Waals surface area (Å²) in [5, 5.41) is 2.87. The molecule has 1 heterocycles. The van der Waals surface area contributed by atoms with Gasteiger partial charge in [-0.2, -0.15) is 0 Å². The lowest BCUT2D eigenvalue weighted by atomic mass is 9.85. The number of nitrogens with one attached hydrogen (secondary N) is 1. The molecule has 0 saturated heterocycles. The quantitative estimate of drug-likeness (QED) is 0.757. The molecule has 0 unspecified atom stereocenters. The minimum absolute atomic E-state index is 0.0389. The number of rotatable bonds is 7. The van der Waals surface area contributed by atoms with Crippen molar-refractivity contribution < 1.29 is 23.8 Å². The van der Waals surface area contributed by atoms with Crippen molar-refractivity contribution in [3.05, 3.63) is 47.0 Å². The third kappa shape index (κ3) is 3.79. The van der Waals surface area contributed by atoms with Gasteiger partial charge in [0.15, 0.2) is 11.5 Å². The van der Waals surface area contributed by atoms with E-state index in [2.05, 4.69) is 5.32 Å². The van der Waals surface area contributed by atoms with E-state index < -0.39 is 5.41 Å². The summed E-state index contributed by atoms with van der Waals surface area (Å²) >= 11 is 0. The zero-order chi connectivity index (χ0) is 22.1. The third-order valence-electron chi connectivity index (χ3n) is 5.41. The summed E-state index contributed by atoms with van der Waals surface area (Å²) in [7, 11) is 4.62. The summed E-state index contributed by atoms with van der Waals surface area (Å²) in [6.07, 6.45) is 0. The lowest BCUT2D eigenvalue weighted by Gasteiger charge is -2.20. The first-order valence-corrected chi connectivity index (χ1v) is 9.71. The van der Waals surface area contributed by atoms with E-state index in [-0.39, 0.29) is 24.9 Å². The summed E-state index contributed by atoms with van der Waals surface area (Å²) in [4.78, 5) is 27.1. The van der Waals surface area contributed by atoms with Gasteiger partial charge in [-0.05, 0) is 50.1 Å². The second-order valence-corrected chi connectivity index (χ2v) is 7.85. The van der Waals surface area contributed by atoms with Crippen LogP contribution in [0.5, 0.6) is 17.2 Å². The first-order chi connectivity index (χ1) is 14.2. The Balaban J connectivity index is 1.74. The maximum Gasteiger partial charge on any atom is 0.240 e. The number of anilines is 1. The Hall–Kier alpha value is -3.22. The van der Waals surface area contributed by atoms with Crippen LogP contribution in [-0.4, -0.2) is 39.7 Å². The normalized spacial score (nSPS) is 14.3. The van der Waals surface area contributed by atoms with Crippen LogP contribution < -0.4 is 24.4 Å². The Morgan fingerprint density at radius 3 is 2.23 bits per heavy atom. The third-order valence-corrected chi connectivity index (χ3v) is 5.41. The highest BCUT2D eigenvalue weighted by Gasteiger charge is 2.44. The number of fused-ring (bicyclic) bond motifs is 1. The zero-order valence-corrected chi connectivity index (χ0v) is 18.3. The van der Waals surface area contributed by atoms with E-state index >= 15 is 0 Å². The van der Waals surface area contributed by atoms with Gasteiger partial charge in [0.25, 0.3) is 0 Å². The van der Waals surface area contributed by atoms with Crippen LogP contribution in [0, 0.1) is 6.92 Å². The number of aryl methyl sites for hydroxylation is 1. The molecule has 0 aromatic heterocycles. The molecule has 0 atom stereocenters. The molecule has 0 aliphatic carbocycles. The van der Waals surface area contributed by atoms with Crippen molar-refractivity contribution in [3.8, 4) is 17.2 Å². The molecule has 0 saturated carbocycles. The van der Waals surface area contributed by atoms with E-state index in [4.69, 9.17) is 14.2 Å². The van der Waals surface area contributed by atoms with Crippen LogP contribution in [0.25, 0.3) is 0 Å². The predicted molar refractivity (Wildman–Crippen MR) is 115 cm³/mol. The van der Waals surface area contributed by atoms with Gasteiger partial charge in [0, 0.05) is 12.2 Å². The van der Waals surface area contributed by atoms with Crippen molar-refractivity contribution >= 4 is 17.5 Å². The number of nitrogens with zero attached hydrogens (tertiary/aromatic N) is 1. The smallest absolute Gasteiger partial charge is 0.240 e. The molecule has 3 rings (SSSR count). The fourth-order valence-electron chi connectivity index (χ4n) is 3.74. The summed E-state index contributed by atoms with van der Waals surface area (Å²) < 4.78 is 16.0. The van der Waals surface area contributed by atoms with E-state index in [0.717, 1.165) is 22.4 Å². The molecule has 30 heavy (non-hydrogen) atoms. The average molecular weight is 412 g/mol. The number of methoxy groups -OCH3 is 3. The number of hydrogen-bond acceptors (Lipinski definition) is 5. The summed E-state index contributed by atoms with van der Waals surface area (Å²) in [5.74, 6) is 1.20. The minimum atomic E-state index is -0.654. The Labute approximate surface area is 176 Å². The van der Waals surface area contributed by atoms with Crippen LogP contribution in [0.3, 0.4) is 0 Å². The number of benzene rings is 2. The summed E-state index contributed by atoms with van der Waals surface area (Å²) in [6.45, 7) is 6.00. The Morgan fingerprint density at radius 1 is 1.03 bits per heavy atom. The van der Waals surface area contributed by atoms with Crippen LogP contribution in [0.4, 0.5) is 5.69 Å². The van der Waals surface area contributed by atoms with Gasteiger partial charge in [-0.3, -0.25) is 9.59 Å². The molecule has 2 amide bonds. The summed E-state index contributed by atoms with van der Waals surface area (Å²) in [5.41, 5.74) is 2.96. The van der Waals surface area contributed by atoms with Gasteiger partial charge in [-0.1, -0.05) is 17.7 Å². The highest BCUT2D eigenvalue weighted by molar-refractivity contribution is 6.10.